The molecular formula is C10H16N2O3S. The van der Waals surface area contributed by atoms with E-state index in [0.29, 0.717) is 12.1 Å². The molecule has 0 aliphatic heterocycles. The summed E-state index contributed by atoms with van der Waals surface area (Å²) in [5.41, 5.74) is 0.412. The number of rotatable bonds is 6. The Morgan fingerprint density at radius 3 is 2.69 bits per heavy atom. The number of carbonyl (C=O) groups excluding carboxylic acids is 1. The highest BCUT2D eigenvalue weighted by Gasteiger charge is 2.10. The number of imidazole rings is 1. The van der Waals surface area contributed by atoms with E-state index in [1.54, 1.807) is 12.5 Å². The summed E-state index contributed by atoms with van der Waals surface area (Å²) in [6.07, 6.45) is 5.04. The molecule has 1 heterocycles. The molecule has 90 valence electrons. The van der Waals surface area contributed by atoms with Gasteiger partial charge in [-0.15, -0.1) is 0 Å². The smallest absolute Gasteiger partial charge is 0.182 e. The van der Waals surface area contributed by atoms with Gasteiger partial charge in [0, 0.05) is 25.4 Å². The van der Waals surface area contributed by atoms with Crippen LogP contribution < -0.4 is 0 Å². The van der Waals surface area contributed by atoms with Crippen LogP contribution in [0.3, 0.4) is 0 Å². The summed E-state index contributed by atoms with van der Waals surface area (Å²) in [6.45, 7) is 2.73. The van der Waals surface area contributed by atoms with Crippen molar-refractivity contribution >= 4 is 15.6 Å². The average molecular weight is 244 g/mol. The molecule has 5 nitrogen and oxygen atoms in total. The standard InChI is InChI=1S/C10H16N2O3S/c1-3-12-7-9(11-8-12)10(13)5-4-6-16(2,14)15/h7-8H,3-6H2,1-2H3. The van der Waals surface area contributed by atoms with E-state index in [9.17, 15) is 13.2 Å². The van der Waals surface area contributed by atoms with E-state index < -0.39 is 9.84 Å². The van der Waals surface area contributed by atoms with Crippen LogP contribution in [0.1, 0.15) is 30.3 Å². The number of hydrogen-bond donors (Lipinski definition) is 0. The van der Waals surface area contributed by atoms with Crippen LogP contribution in [0.5, 0.6) is 0 Å². The van der Waals surface area contributed by atoms with E-state index in [1.807, 2.05) is 11.5 Å². The molecule has 1 aromatic rings. The number of nitrogens with zero attached hydrogens (tertiary/aromatic N) is 2. The van der Waals surface area contributed by atoms with Crippen molar-refractivity contribution in [3.63, 3.8) is 0 Å². The molecule has 0 radical (unpaired) electrons. The molecule has 1 rings (SSSR count). The van der Waals surface area contributed by atoms with Gasteiger partial charge >= 0.3 is 0 Å². The van der Waals surface area contributed by atoms with E-state index in [4.69, 9.17) is 0 Å². The molecule has 1 aromatic heterocycles. The minimum atomic E-state index is -2.98. The largest absolute Gasteiger partial charge is 0.337 e. The normalized spacial score (nSPS) is 11.6. The fourth-order valence-electron chi connectivity index (χ4n) is 1.30. The van der Waals surface area contributed by atoms with Crippen LogP contribution in [0, 0.1) is 0 Å². The van der Waals surface area contributed by atoms with Gasteiger partial charge in [-0.1, -0.05) is 0 Å². The Morgan fingerprint density at radius 2 is 2.19 bits per heavy atom. The fourth-order valence-corrected chi connectivity index (χ4v) is 1.97. The number of Topliss-reactive ketones (excluding diaryl/α,β-unsaturated/α-hetero) is 1. The number of sulfone groups is 1. The molecular weight excluding hydrogens is 228 g/mol. The maximum Gasteiger partial charge on any atom is 0.182 e. The minimum Gasteiger partial charge on any atom is -0.337 e. The SMILES string of the molecule is CCn1cnc(C(=O)CCCS(C)(=O)=O)c1. The Balaban J connectivity index is 2.47. The minimum absolute atomic E-state index is 0.0488. The predicted octanol–water partition coefficient (Wildman–Crippen LogP) is 0.910. The Labute approximate surface area is 95.4 Å². The third kappa shape index (κ3) is 4.14. The van der Waals surface area contributed by atoms with Crippen molar-refractivity contribution in [1.82, 2.24) is 9.55 Å². The first kappa shape index (κ1) is 12.9. The maximum atomic E-state index is 11.6. The maximum absolute atomic E-state index is 11.6. The third-order valence-corrected chi connectivity index (χ3v) is 3.23. The lowest BCUT2D eigenvalue weighted by atomic mass is 10.2. The molecule has 0 aliphatic rings. The predicted molar refractivity (Wildman–Crippen MR) is 61.2 cm³/mol. The van der Waals surface area contributed by atoms with E-state index in [0.717, 1.165) is 6.54 Å². The molecule has 0 atom stereocenters. The van der Waals surface area contributed by atoms with Gasteiger partial charge < -0.3 is 4.57 Å². The molecule has 6 heteroatoms. The summed E-state index contributed by atoms with van der Waals surface area (Å²) in [7, 11) is -2.98. The first-order valence-corrected chi connectivity index (χ1v) is 7.21. The van der Waals surface area contributed by atoms with Gasteiger partial charge in [-0.2, -0.15) is 0 Å². The highest BCUT2D eigenvalue weighted by molar-refractivity contribution is 7.90. The van der Waals surface area contributed by atoms with Crippen LogP contribution in [0.15, 0.2) is 12.5 Å². The van der Waals surface area contributed by atoms with Gasteiger partial charge in [-0.05, 0) is 13.3 Å². The molecule has 16 heavy (non-hydrogen) atoms. The Bertz CT molecular complexity index is 462. The summed E-state index contributed by atoms with van der Waals surface area (Å²) in [5.74, 6) is -0.0522. The summed E-state index contributed by atoms with van der Waals surface area (Å²) in [5, 5.41) is 0. The van der Waals surface area contributed by atoms with Gasteiger partial charge in [0.05, 0.1) is 12.1 Å². The van der Waals surface area contributed by atoms with Gasteiger partial charge in [0.2, 0.25) is 0 Å². The Kier molecular flexibility index (Phi) is 4.23. The first-order valence-electron chi connectivity index (χ1n) is 5.15. The number of carbonyl (C=O) groups is 1. The molecule has 0 amide bonds. The van der Waals surface area contributed by atoms with E-state index in [1.165, 1.54) is 6.26 Å². The summed E-state index contributed by atoms with van der Waals surface area (Å²) >= 11 is 0. The van der Waals surface area contributed by atoms with Gasteiger partial charge in [-0.25, -0.2) is 13.4 Å². The lowest BCUT2D eigenvalue weighted by molar-refractivity contribution is 0.0977. The van der Waals surface area contributed by atoms with Crippen molar-refractivity contribution in [1.29, 1.82) is 0 Å². The van der Waals surface area contributed by atoms with Crippen molar-refractivity contribution in [2.75, 3.05) is 12.0 Å². The van der Waals surface area contributed by atoms with Crippen LogP contribution in [0.4, 0.5) is 0 Å². The number of ketones is 1. The fraction of sp³-hybridized carbons (Fsp3) is 0.600. The summed E-state index contributed by atoms with van der Waals surface area (Å²) in [4.78, 5) is 15.6. The van der Waals surface area contributed by atoms with Crippen molar-refractivity contribution in [2.24, 2.45) is 0 Å². The second-order valence-electron chi connectivity index (χ2n) is 3.75. The van der Waals surface area contributed by atoms with Crippen LogP contribution in [0.2, 0.25) is 0 Å². The first-order chi connectivity index (χ1) is 7.42. The van der Waals surface area contributed by atoms with Gasteiger partial charge in [0.15, 0.2) is 5.78 Å². The number of aromatic nitrogens is 2. The van der Waals surface area contributed by atoms with Crippen LogP contribution in [-0.2, 0) is 16.4 Å². The average Bonchev–Trinajstić information content (AvgIpc) is 2.63. The second-order valence-corrected chi connectivity index (χ2v) is 6.01. The quantitative estimate of drug-likeness (QED) is 0.697. The topological polar surface area (TPSA) is 69.0 Å². The highest BCUT2D eigenvalue weighted by atomic mass is 32.2. The highest BCUT2D eigenvalue weighted by Crippen LogP contribution is 2.04. The molecule has 0 saturated carbocycles. The monoisotopic (exact) mass is 244 g/mol. The van der Waals surface area contributed by atoms with Crippen LogP contribution in [-0.4, -0.2) is 35.8 Å². The van der Waals surface area contributed by atoms with E-state index in [-0.39, 0.29) is 18.0 Å². The Morgan fingerprint density at radius 1 is 1.50 bits per heavy atom. The lowest BCUT2D eigenvalue weighted by Gasteiger charge is -1.97. The molecule has 0 aliphatic carbocycles. The van der Waals surface area contributed by atoms with E-state index >= 15 is 0 Å². The van der Waals surface area contributed by atoms with Gasteiger partial charge in [-0.3, -0.25) is 4.79 Å². The second kappa shape index (κ2) is 5.25. The van der Waals surface area contributed by atoms with Gasteiger partial charge in [0.1, 0.15) is 15.5 Å². The van der Waals surface area contributed by atoms with Crippen molar-refractivity contribution < 1.29 is 13.2 Å². The van der Waals surface area contributed by atoms with Crippen LogP contribution >= 0.6 is 0 Å². The van der Waals surface area contributed by atoms with Crippen molar-refractivity contribution in [3.8, 4) is 0 Å². The molecule has 0 bridgehead atoms. The number of hydrogen-bond acceptors (Lipinski definition) is 4. The Hall–Kier alpha value is -1.17. The summed E-state index contributed by atoms with van der Waals surface area (Å²) < 4.78 is 23.5. The third-order valence-electron chi connectivity index (χ3n) is 2.20. The molecule has 0 spiro atoms. The van der Waals surface area contributed by atoms with E-state index in [2.05, 4.69) is 4.98 Å². The summed E-state index contributed by atoms with van der Waals surface area (Å²) in [6, 6.07) is 0. The van der Waals surface area contributed by atoms with Gasteiger partial charge in [0.25, 0.3) is 0 Å². The molecule has 0 fully saturated rings. The zero-order valence-electron chi connectivity index (χ0n) is 9.51. The molecule has 0 aromatic carbocycles. The zero-order chi connectivity index (χ0) is 12.2. The molecule has 0 unspecified atom stereocenters. The lowest BCUT2D eigenvalue weighted by Crippen LogP contribution is -2.06. The van der Waals surface area contributed by atoms with Crippen molar-refractivity contribution in [3.05, 3.63) is 18.2 Å². The molecule has 0 N–H and O–H groups in total. The molecule has 0 saturated heterocycles. The van der Waals surface area contributed by atoms with Crippen molar-refractivity contribution in [2.45, 2.75) is 26.3 Å². The van der Waals surface area contributed by atoms with Crippen LogP contribution in [0.25, 0.3) is 0 Å². The number of aryl methyl sites for hydroxylation is 1. The zero-order valence-corrected chi connectivity index (χ0v) is 10.3.